The van der Waals surface area contributed by atoms with Gasteiger partial charge < -0.3 is 18.9 Å². The molecule has 0 N–H and O–H groups in total. The van der Waals surface area contributed by atoms with Gasteiger partial charge in [-0.25, -0.2) is 9.59 Å². The zero-order chi connectivity index (χ0) is 23.7. The van der Waals surface area contributed by atoms with Gasteiger partial charge in [0, 0.05) is 0 Å². The van der Waals surface area contributed by atoms with Crippen LogP contribution in [0.2, 0.25) is 0 Å². The summed E-state index contributed by atoms with van der Waals surface area (Å²) in [5.74, 6) is -0.488. The van der Waals surface area contributed by atoms with Gasteiger partial charge in [-0.1, -0.05) is 71.8 Å². The Bertz CT molecular complexity index is 1280. The van der Waals surface area contributed by atoms with Crippen LogP contribution in [0.15, 0.2) is 77.9 Å². The molecule has 2 aliphatic rings. The molecule has 8 nitrogen and oxygen atoms in total. The van der Waals surface area contributed by atoms with E-state index in [2.05, 4.69) is 5.10 Å². The van der Waals surface area contributed by atoms with Crippen molar-refractivity contribution in [2.24, 2.45) is 5.10 Å². The van der Waals surface area contributed by atoms with E-state index in [0.29, 0.717) is 16.9 Å². The summed E-state index contributed by atoms with van der Waals surface area (Å²) in [5.41, 5.74) is 1.69. The second kappa shape index (κ2) is 8.55. The smallest absolute Gasteiger partial charge is 0.435 e. The maximum absolute atomic E-state index is 13.2. The summed E-state index contributed by atoms with van der Waals surface area (Å²) < 4.78 is 22.7. The Labute approximate surface area is 196 Å². The van der Waals surface area contributed by atoms with Crippen molar-refractivity contribution >= 4 is 18.1 Å². The average Bonchev–Trinajstić information content (AvgIpc) is 3.35. The number of carbonyl (C=O) groups excluding carboxylic acids is 2. The van der Waals surface area contributed by atoms with Crippen LogP contribution in [-0.4, -0.2) is 23.2 Å². The highest BCUT2D eigenvalue weighted by Crippen LogP contribution is 2.48. The van der Waals surface area contributed by atoms with Crippen molar-refractivity contribution < 1.29 is 28.5 Å². The molecule has 1 spiro atoms. The van der Waals surface area contributed by atoms with Crippen LogP contribution in [0, 0.1) is 13.8 Å². The highest BCUT2D eigenvalue weighted by atomic mass is 16.7. The predicted octanol–water partition coefficient (Wildman–Crippen LogP) is 4.53. The number of aryl methyl sites for hydroxylation is 2. The molecule has 34 heavy (non-hydrogen) atoms. The van der Waals surface area contributed by atoms with Gasteiger partial charge in [-0.3, -0.25) is 0 Å². The molecule has 2 heterocycles. The number of hydrazone groups is 1. The third-order valence-electron chi connectivity index (χ3n) is 5.56. The number of hydrogen-bond donors (Lipinski definition) is 0. The minimum absolute atomic E-state index is 0.00321. The molecule has 3 aromatic rings. The molecule has 8 heteroatoms. The van der Waals surface area contributed by atoms with Crippen molar-refractivity contribution in [3.63, 3.8) is 0 Å². The van der Waals surface area contributed by atoms with Gasteiger partial charge in [-0.15, -0.1) is 5.01 Å². The van der Waals surface area contributed by atoms with Crippen molar-refractivity contribution in [3.05, 3.63) is 101 Å². The van der Waals surface area contributed by atoms with Gasteiger partial charge in [0.05, 0.1) is 5.56 Å². The monoisotopic (exact) mass is 458 g/mol. The Balaban J connectivity index is 1.47. The fourth-order valence-electron chi connectivity index (χ4n) is 4.07. The summed E-state index contributed by atoms with van der Waals surface area (Å²) in [6, 6.07) is 22.2. The van der Waals surface area contributed by atoms with Crippen molar-refractivity contribution in [2.75, 3.05) is 0 Å². The number of nitrogens with zero attached hydrogens (tertiary/aromatic N) is 2. The number of amides is 1. The van der Waals surface area contributed by atoms with E-state index in [9.17, 15) is 9.59 Å². The quantitative estimate of drug-likeness (QED) is 0.422. The summed E-state index contributed by atoms with van der Waals surface area (Å²) in [7, 11) is 0. The molecular weight excluding hydrogens is 436 g/mol. The molecule has 3 aromatic carbocycles. The van der Waals surface area contributed by atoms with Crippen LogP contribution in [0.3, 0.4) is 0 Å². The summed E-state index contributed by atoms with van der Waals surface area (Å²) >= 11 is 0. The zero-order valence-corrected chi connectivity index (χ0v) is 18.7. The van der Waals surface area contributed by atoms with Crippen molar-refractivity contribution in [1.29, 1.82) is 0 Å². The van der Waals surface area contributed by atoms with Gasteiger partial charge in [0.25, 0.3) is 0 Å². The van der Waals surface area contributed by atoms with E-state index >= 15 is 0 Å². The molecule has 1 unspecified atom stereocenters. The molecule has 0 radical (unpaired) electrons. The summed E-state index contributed by atoms with van der Waals surface area (Å²) in [4.78, 5) is 26.4. The van der Waals surface area contributed by atoms with Crippen LogP contribution in [0.25, 0.3) is 0 Å². The molecule has 0 fully saturated rings. The average molecular weight is 458 g/mol. The third kappa shape index (κ3) is 3.73. The van der Waals surface area contributed by atoms with E-state index in [1.807, 2.05) is 80.6 Å². The summed E-state index contributed by atoms with van der Waals surface area (Å²) in [5, 5.41) is 5.06. The van der Waals surface area contributed by atoms with Gasteiger partial charge in [-0.05, 0) is 42.2 Å². The first-order chi connectivity index (χ1) is 16.5. The SMILES string of the molecule is Cc1cc(C)c2c(c1)OC(=O)C21OC(OCc2ccccc2)=NN1C(=O)OCc1ccccc1. The topological polar surface area (TPSA) is 86.7 Å². The maximum atomic E-state index is 13.2. The largest absolute Gasteiger partial charge is 0.444 e. The molecular formula is C26H22N2O6. The van der Waals surface area contributed by atoms with E-state index in [0.717, 1.165) is 21.7 Å². The fraction of sp³-hybridized carbons (Fsp3) is 0.192. The van der Waals surface area contributed by atoms with Crippen molar-refractivity contribution in [2.45, 2.75) is 32.8 Å². The second-order valence-corrected chi connectivity index (χ2v) is 8.08. The lowest BCUT2D eigenvalue weighted by atomic mass is 9.96. The van der Waals surface area contributed by atoms with Gasteiger partial charge in [0.1, 0.15) is 19.0 Å². The number of fused-ring (bicyclic) bond motifs is 2. The van der Waals surface area contributed by atoms with Crippen molar-refractivity contribution in [3.8, 4) is 5.75 Å². The van der Waals surface area contributed by atoms with E-state index in [4.69, 9.17) is 18.9 Å². The first kappa shape index (κ1) is 21.5. The standard InChI is InChI=1S/C26H22N2O6/c1-17-13-18(2)22-21(14-17)33-23(29)26(22)28(25(30)32-16-20-11-7-4-8-12-20)27-24(34-26)31-15-19-9-5-3-6-10-19/h3-14H,15-16H2,1-2H3. The van der Waals surface area contributed by atoms with Gasteiger partial charge in [0.2, 0.25) is 0 Å². The molecule has 0 aliphatic carbocycles. The first-order valence-electron chi connectivity index (χ1n) is 10.8. The number of esters is 1. The van der Waals surface area contributed by atoms with E-state index in [1.165, 1.54) is 0 Å². The van der Waals surface area contributed by atoms with Gasteiger partial charge >= 0.3 is 23.9 Å². The number of ether oxygens (including phenoxy) is 4. The van der Waals surface area contributed by atoms with Crippen LogP contribution in [0.5, 0.6) is 5.75 Å². The van der Waals surface area contributed by atoms with E-state index in [1.54, 1.807) is 6.07 Å². The molecule has 1 atom stereocenters. The molecule has 0 bridgehead atoms. The Kier molecular flexibility index (Phi) is 5.41. The third-order valence-corrected chi connectivity index (χ3v) is 5.56. The minimum Gasteiger partial charge on any atom is -0.444 e. The highest BCUT2D eigenvalue weighted by Gasteiger charge is 2.64. The molecule has 1 amide bonds. The second-order valence-electron chi connectivity index (χ2n) is 8.08. The Morgan fingerprint density at radius 1 is 0.971 bits per heavy atom. The first-order valence-corrected chi connectivity index (χ1v) is 10.8. The normalized spacial score (nSPS) is 18.2. The predicted molar refractivity (Wildman–Crippen MR) is 121 cm³/mol. The number of hydrogen-bond acceptors (Lipinski definition) is 7. The fourth-order valence-corrected chi connectivity index (χ4v) is 4.07. The summed E-state index contributed by atoms with van der Waals surface area (Å²) in [6.45, 7) is 3.84. The van der Waals surface area contributed by atoms with Crippen LogP contribution >= 0.6 is 0 Å². The molecule has 172 valence electrons. The Morgan fingerprint density at radius 3 is 2.29 bits per heavy atom. The van der Waals surface area contributed by atoms with Crippen LogP contribution in [-0.2, 0) is 37.9 Å². The number of rotatable bonds is 4. The molecule has 5 rings (SSSR count). The van der Waals surface area contributed by atoms with Crippen LogP contribution < -0.4 is 4.74 Å². The molecule has 0 aromatic heterocycles. The molecule has 0 saturated heterocycles. The summed E-state index contributed by atoms with van der Waals surface area (Å²) in [6.07, 6.45) is -1.10. The highest BCUT2D eigenvalue weighted by molar-refractivity contribution is 5.96. The van der Waals surface area contributed by atoms with Crippen LogP contribution in [0.1, 0.15) is 27.8 Å². The number of carbonyl (C=O) groups is 2. The lowest BCUT2D eigenvalue weighted by Gasteiger charge is -2.27. The number of benzene rings is 3. The van der Waals surface area contributed by atoms with E-state index < -0.39 is 17.8 Å². The maximum Gasteiger partial charge on any atom is 0.435 e. The van der Waals surface area contributed by atoms with Gasteiger partial charge in [0.15, 0.2) is 0 Å². The van der Waals surface area contributed by atoms with Crippen LogP contribution in [0.4, 0.5) is 4.79 Å². The Hall–Kier alpha value is -4.33. The Morgan fingerprint density at radius 2 is 1.62 bits per heavy atom. The molecule has 0 saturated carbocycles. The van der Waals surface area contributed by atoms with E-state index in [-0.39, 0.29) is 19.3 Å². The van der Waals surface area contributed by atoms with Crippen molar-refractivity contribution in [1.82, 2.24) is 5.01 Å². The lowest BCUT2D eigenvalue weighted by Crippen LogP contribution is -2.50. The molecule has 2 aliphatic heterocycles. The zero-order valence-electron chi connectivity index (χ0n) is 18.7. The minimum atomic E-state index is -1.97. The lowest BCUT2D eigenvalue weighted by molar-refractivity contribution is -0.164. The van der Waals surface area contributed by atoms with Gasteiger partial charge in [-0.2, -0.15) is 0 Å².